The third-order valence-corrected chi connectivity index (χ3v) is 6.04. The van der Waals surface area contributed by atoms with E-state index >= 15 is 0 Å². The van der Waals surface area contributed by atoms with E-state index in [1.165, 1.54) is 5.56 Å². The number of fused-ring (bicyclic) bond motifs is 1. The predicted molar refractivity (Wildman–Crippen MR) is 127 cm³/mol. The fraction of sp³-hybridized carbons (Fsp3) is 0.440. The molecule has 2 saturated heterocycles. The third kappa shape index (κ3) is 9.39. The second-order valence-corrected chi connectivity index (χ2v) is 8.84. The Kier molecular flexibility index (Phi) is 10.9. The SMILES string of the molecule is COc1ccc(CN2CC[C@H]3[C@@H]2CC(=O)N3Cc2cccc(C)n2)cc1.O=C(O)C(F)(F)F.O=C(O)C(F)(F)F. The third-order valence-electron chi connectivity index (χ3n) is 6.04. The predicted octanol–water partition coefficient (Wildman–Crippen LogP) is 4.04. The molecule has 1 amide bonds. The number of hydrogen-bond donors (Lipinski definition) is 2. The van der Waals surface area contributed by atoms with Crippen LogP contribution in [-0.4, -0.2) is 80.9 Å². The van der Waals surface area contributed by atoms with Gasteiger partial charge in [-0.15, -0.1) is 0 Å². The van der Waals surface area contributed by atoms with Crippen molar-refractivity contribution in [1.82, 2.24) is 14.8 Å². The summed E-state index contributed by atoms with van der Waals surface area (Å²) < 4.78 is 68.7. The normalized spacial score (nSPS) is 18.7. The summed E-state index contributed by atoms with van der Waals surface area (Å²) in [5.41, 5.74) is 3.24. The summed E-state index contributed by atoms with van der Waals surface area (Å²) in [4.78, 5) is 39.5. The molecule has 0 spiro atoms. The van der Waals surface area contributed by atoms with Crippen LogP contribution in [0.3, 0.4) is 0 Å². The van der Waals surface area contributed by atoms with E-state index in [0.717, 1.165) is 36.6 Å². The largest absolute Gasteiger partial charge is 0.497 e. The number of pyridine rings is 1. The Morgan fingerprint density at radius 2 is 1.50 bits per heavy atom. The lowest BCUT2D eigenvalue weighted by Crippen LogP contribution is -2.36. The first-order valence-electron chi connectivity index (χ1n) is 11.7. The van der Waals surface area contributed by atoms with Crippen LogP contribution in [0.2, 0.25) is 0 Å². The Hall–Kier alpha value is -3.88. The second kappa shape index (κ2) is 13.5. The quantitative estimate of drug-likeness (QED) is 0.510. The topological polar surface area (TPSA) is 120 Å². The van der Waals surface area contributed by atoms with Gasteiger partial charge >= 0.3 is 24.3 Å². The Labute approximate surface area is 225 Å². The zero-order valence-electron chi connectivity index (χ0n) is 21.4. The lowest BCUT2D eigenvalue weighted by Gasteiger charge is -2.25. The van der Waals surface area contributed by atoms with Gasteiger partial charge in [0.2, 0.25) is 5.91 Å². The number of benzene rings is 1. The molecule has 15 heteroatoms. The fourth-order valence-electron chi connectivity index (χ4n) is 4.24. The van der Waals surface area contributed by atoms with Crippen LogP contribution in [-0.2, 0) is 27.5 Å². The van der Waals surface area contributed by atoms with Crippen molar-refractivity contribution in [3.8, 4) is 5.75 Å². The average Bonchev–Trinajstić information content (AvgIpc) is 3.38. The Balaban J connectivity index is 0.000000333. The van der Waals surface area contributed by atoms with Crippen LogP contribution in [0.25, 0.3) is 0 Å². The number of alkyl halides is 6. The summed E-state index contributed by atoms with van der Waals surface area (Å²) in [6.07, 6.45) is -8.51. The standard InChI is InChI=1S/C21H25N3O2.2C2HF3O2/c1-15-4-3-5-17(22-15)14-24-19-10-11-23(20(19)12-21(24)25)13-16-6-8-18(26-2)9-7-16;2*3-2(4,5)1(6)7/h3-9,19-20H,10-14H2,1-2H3;2*(H,6,7)/t19-,20-;;/m0../s1. The Morgan fingerprint density at radius 3 is 1.98 bits per heavy atom. The molecule has 2 aliphatic heterocycles. The van der Waals surface area contributed by atoms with E-state index in [-0.39, 0.29) is 5.91 Å². The van der Waals surface area contributed by atoms with Gasteiger partial charge in [0.05, 0.1) is 19.3 Å². The number of halogens is 6. The molecule has 0 bridgehead atoms. The zero-order chi connectivity index (χ0) is 30.3. The number of carboxylic acid groups (broad SMARTS) is 2. The van der Waals surface area contributed by atoms with Crippen LogP contribution in [0.15, 0.2) is 42.5 Å². The maximum atomic E-state index is 12.6. The minimum absolute atomic E-state index is 0.253. The van der Waals surface area contributed by atoms with Crippen molar-refractivity contribution in [3.63, 3.8) is 0 Å². The highest BCUT2D eigenvalue weighted by Crippen LogP contribution is 2.34. The van der Waals surface area contributed by atoms with Crippen LogP contribution in [0.1, 0.15) is 29.8 Å². The average molecular weight is 579 g/mol. The Bertz CT molecular complexity index is 1150. The molecule has 2 atom stereocenters. The van der Waals surface area contributed by atoms with Gasteiger partial charge in [-0.2, -0.15) is 26.3 Å². The molecule has 0 aliphatic carbocycles. The van der Waals surface area contributed by atoms with Crippen molar-refractivity contribution < 1.29 is 55.7 Å². The van der Waals surface area contributed by atoms with Crippen molar-refractivity contribution in [2.75, 3.05) is 13.7 Å². The van der Waals surface area contributed by atoms with Crippen molar-refractivity contribution in [2.24, 2.45) is 0 Å². The summed E-state index contributed by atoms with van der Waals surface area (Å²) in [5.74, 6) is -4.39. The Morgan fingerprint density at radius 1 is 0.950 bits per heavy atom. The van der Waals surface area contributed by atoms with Gasteiger partial charge in [-0.1, -0.05) is 18.2 Å². The van der Waals surface area contributed by atoms with Crippen LogP contribution >= 0.6 is 0 Å². The number of methoxy groups -OCH3 is 1. The summed E-state index contributed by atoms with van der Waals surface area (Å²) in [6, 6.07) is 14.9. The van der Waals surface area contributed by atoms with Crippen LogP contribution in [0.4, 0.5) is 26.3 Å². The van der Waals surface area contributed by atoms with Gasteiger partial charge in [0.15, 0.2) is 0 Å². The molecule has 2 N–H and O–H groups in total. The van der Waals surface area contributed by atoms with Gasteiger partial charge in [-0.05, 0) is 43.2 Å². The summed E-state index contributed by atoms with van der Waals surface area (Å²) >= 11 is 0. The molecule has 0 radical (unpaired) electrons. The number of carboxylic acids is 2. The molecule has 1 aromatic heterocycles. The van der Waals surface area contributed by atoms with Crippen molar-refractivity contribution in [1.29, 1.82) is 0 Å². The number of aryl methyl sites for hydroxylation is 1. The number of aliphatic carboxylic acids is 2. The summed E-state index contributed by atoms with van der Waals surface area (Å²) in [6.45, 7) is 4.53. The maximum absolute atomic E-state index is 12.6. The number of carbonyl (C=O) groups excluding carboxylic acids is 1. The van der Waals surface area contributed by atoms with Crippen LogP contribution in [0, 0.1) is 6.92 Å². The smallest absolute Gasteiger partial charge is 0.490 e. The highest BCUT2D eigenvalue weighted by atomic mass is 19.4. The molecule has 0 unspecified atom stereocenters. The first-order valence-corrected chi connectivity index (χ1v) is 11.7. The van der Waals surface area contributed by atoms with Crippen LogP contribution < -0.4 is 4.74 Å². The van der Waals surface area contributed by atoms with E-state index in [4.69, 9.17) is 24.5 Å². The molecule has 9 nitrogen and oxygen atoms in total. The molecule has 1 aromatic carbocycles. The van der Waals surface area contributed by atoms with Crippen molar-refractivity contribution in [3.05, 3.63) is 59.4 Å². The molecule has 2 fully saturated rings. The number of likely N-dealkylation sites (tertiary alicyclic amines) is 2. The van der Waals surface area contributed by atoms with Crippen LogP contribution in [0.5, 0.6) is 5.75 Å². The molecule has 40 heavy (non-hydrogen) atoms. The molecule has 220 valence electrons. The molecule has 0 saturated carbocycles. The van der Waals surface area contributed by atoms with Gasteiger partial charge < -0.3 is 19.8 Å². The molecule has 2 aromatic rings. The van der Waals surface area contributed by atoms with E-state index in [9.17, 15) is 31.1 Å². The van der Waals surface area contributed by atoms with E-state index in [1.54, 1.807) is 7.11 Å². The zero-order valence-corrected chi connectivity index (χ0v) is 21.4. The number of aromatic nitrogens is 1. The van der Waals surface area contributed by atoms with Crippen molar-refractivity contribution in [2.45, 2.75) is 57.3 Å². The van der Waals surface area contributed by atoms with E-state index in [0.29, 0.717) is 25.0 Å². The number of ether oxygens (including phenoxy) is 1. The number of rotatable bonds is 5. The summed E-state index contributed by atoms with van der Waals surface area (Å²) in [5, 5.41) is 14.2. The number of amides is 1. The highest BCUT2D eigenvalue weighted by Gasteiger charge is 2.46. The van der Waals surface area contributed by atoms with Gasteiger partial charge in [0.1, 0.15) is 5.75 Å². The first-order chi connectivity index (χ1) is 18.5. The van der Waals surface area contributed by atoms with Crippen molar-refractivity contribution >= 4 is 17.8 Å². The minimum atomic E-state index is -5.08. The number of nitrogens with zero attached hydrogens (tertiary/aromatic N) is 3. The monoisotopic (exact) mass is 579 g/mol. The highest BCUT2D eigenvalue weighted by molar-refractivity contribution is 5.80. The fourth-order valence-corrected chi connectivity index (χ4v) is 4.24. The number of hydrogen-bond acceptors (Lipinski definition) is 6. The maximum Gasteiger partial charge on any atom is 0.490 e. The van der Waals surface area contributed by atoms with Gasteiger partial charge in [0.25, 0.3) is 0 Å². The van der Waals surface area contributed by atoms with Gasteiger partial charge in [0, 0.05) is 37.3 Å². The number of carbonyl (C=O) groups is 3. The summed E-state index contributed by atoms with van der Waals surface area (Å²) in [7, 11) is 1.68. The van der Waals surface area contributed by atoms with E-state index in [1.807, 2.05) is 42.2 Å². The molecular weight excluding hydrogens is 552 g/mol. The molecule has 3 heterocycles. The molecule has 4 rings (SSSR count). The van der Waals surface area contributed by atoms with Gasteiger partial charge in [-0.3, -0.25) is 14.7 Å². The second-order valence-electron chi connectivity index (χ2n) is 8.84. The first kappa shape index (κ1) is 32.3. The van der Waals surface area contributed by atoms with E-state index < -0.39 is 24.3 Å². The molecular formula is C25H27F6N3O6. The minimum Gasteiger partial charge on any atom is -0.497 e. The molecule has 2 aliphatic rings. The van der Waals surface area contributed by atoms with E-state index in [2.05, 4.69) is 22.0 Å². The van der Waals surface area contributed by atoms with Gasteiger partial charge in [-0.25, -0.2) is 9.59 Å². The lowest BCUT2D eigenvalue weighted by atomic mass is 10.1. The lowest BCUT2D eigenvalue weighted by molar-refractivity contribution is -0.193.